The van der Waals surface area contributed by atoms with E-state index in [-0.39, 0.29) is 17.9 Å². The Kier molecular flexibility index (Phi) is 8.44. The summed E-state index contributed by atoms with van der Waals surface area (Å²) < 4.78 is 37.9. The van der Waals surface area contributed by atoms with Gasteiger partial charge in [0, 0.05) is 31.6 Å². The molecule has 8 nitrogen and oxygen atoms in total. The van der Waals surface area contributed by atoms with E-state index in [9.17, 15) is 13.2 Å². The molecule has 0 bridgehead atoms. The van der Waals surface area contributed by atoms with Crippen LogP contribution in [-0.4, -0.2) is 64.9 Å². The number of fused-ring (bicyclic) bond motifs is 2. The lowest BCUT2D eigenvalue weighted by atomic mass is 9.74. The fraction of sp³-hybridized carbons (Fsp3) is 0.387. The first kappa shape index (κ1) is 28.1. The number of anilines is 1. The molecule has 1 amide bonds. The molecule has 3 aromatic carbocycles. The number of nitrogens with one attached hydrogen (secondary N) is 1. The number of piperidine rings is 1. The number of carbonyl (C=O) groups excluding carboxylic acids is 1. The van der Waals surface area contributed by atoms with Gasteiger partial charge < -0.3 is 14.4 Å². The molecule has 212 valence electrons. The van der Waals surface area contributed by atoms with Crippen molar-refractivity contribution < 1.29 is 22.7 Å². The summed E-state index contributed by atoms with van der Waals surface area (Å²) in [6, 6.07) is 24.9. The van der Waals surface area contributed by atoms with Gasteiger partial charge in [-0.3, -0.25) is 14.4 Å². The number of sulfonamides is 1. The molecule has 2 aliphatic heterocycles. The van der Waals surface area contributed by atoms with Crippen LogP contribution in [0, 0.1) is 0 Å². The van der Waals surface area contributed by atoms with Crippen LogP contribution in [0.4, 0.5) is 5.69 Å². The molecule has 1 unspecified atom stereocenters. The molecule has 1 N–H and O–H groups in total. The van der Waals surface area contributed by atoms with E-state index in [0.29, 0.717) is 45.6 Å². The molecular formula is C31H37N3O5S. The summed E-state index contributed by atoms with van der Waals surface area (Å²) >= 11 is 0. The van der Waals surface area contributed by atoms with Crippen molar-refractivity contribution in [1.82, 2.24) is 10.2 Å². The zero-order chi connectivity index (χ0) is 28.2. The zero-order valence-corrected chi connectivity index (χ0v) is 23.9. The van der Waals surface area contributed by atoms with Gasteiger partial charge >= 0.3 is 0 Å². The van der Waals surface area contributed by atoms with Gasteiger partial charge in [0.2, 0.25) is 15.9 Å². The van der Waals surface area contributed by atoms with E-state index in [4.69, 9.17) is 9.47 Å². The summed E-state index contributed by atoms with van der Waals surface area (Å²) in [6.45, 7) is 2.73. The summed E-state index contributed by atoms with van der Waals surface area (Å²) in [7, 11) is -1.75. The normalized spacial score (nSPS) is 17.1. The molecule has 1 spiro atoms. The van der Waals surface area contributed by atoms with Gasteiger partial charge in [-0.2, -0.15) is 0 Å². The molecule has 1 atom stereocenters. The van der Waals surface area contributed by atoms with E-state index < -0.39 is 16.1 Å². The molecule has 0 aromatic heterocycles. The average molecular weight is 564 g/mol. The summed E-state index contributed by atoms with van der Waals surface area (Å²) in [5, 5.41) is 3.42. The van der Waals surface area contributed by atoms with Gasteiger partial charge in [-0.25, -0.2) is 8.42 Å². The van der Waals surface area contributed by atoms with Crippen LogP contribution in [0.1, 0.15) is 29.5 Å². The minimum Gasteiger partial charge on any atom is -0.497 e. The van der Waals surface area contributed by atoms with E-state index >= 15 is 0 Å². The SMILES string of the molecule is COc1ccc(CNC(COCc2ccccc2)C(=O)N2CCC3(CC2)CN(S(C)(=O)=O)c2ccccc23)cc1. The molecule has 1 saturated heterocycles. The first-order valence-corrected chi connectivity index (χ1v) is 15.5. The minimum atomic E-state index is -3.39. The molecule has 5 rings (SSSR count). The van der Waals surface area contributed by atoms with Crippen molar-refractivity contribution in [2.45, 2.75) is 37.5 Å². The van der Waals surface area contributed by atoms with E-state index in [2.05, 4.69) is 5.32 Å². The number of para-hydroxylation sites is 1. The van der Waals surface area contributed by atoms with Gasteiger partial charge in [-0.05, 0) is 47.7 Å². The van der Waals surface area contributed by atoms with Crippen molar-refractivity contribution in [3.63, 3.8) is 0 Å². The molecule has 1 fully saturated rings. The first-order chi connectivity index (χ1) is 19.3. The summed E-state index contributed by atoms with van der Waals surface area (Å²) in [5.74, 6) is 0.787. The smallest absolute Gasteiger partial charge is 0.242 e. The number of hydrogen-bond donors (Lipinski definition) is 1. The molecule has 0 aliphatic carbocycles. The highest BCUT2D eigenvalue weighted by Crippen LogP contribution is 2.47. The largest absolute Gasteiger partial charge is 0.497 e. The Bertz CT molecular complexity index is 1400. The number of methoxy groups -OCH3 is 1. The summed E-state index contributed by atoms with van der Waals surface area (Å²) in [4.78, 5) is 15.7. The molecule has 0 saturated carbocycles. The molecule has 9 heteroatoms. The number of likely N-dealkylation sites (tertiary alicyclic amines) is 1. The highest BCUT2D eigenvalue weighted by atomic mass is 32.2. The lowest BCUT2D eigenvalue weighted by Crippen LogP contribution is -2.54. The predicted octanol–water partition coefficient (Wildman–Crippen LogP) is 3.71. The van der Waals surface area contributed by atoms with Crippen LogP contribution in [0.5, 0.6) is 5.75 Å². The third kappa shape index (κ3) is 6.16. The second-order valence-electron chi connectivity index (χ2n) is 10.7. The molecule has 0 radical (unpaired) electrons. The molecule has 3 aromatic rings. The van der Waals surface area contributed by atoms with Crippen molar-refractivity contribution in [3.05, 3.63) is 95.6 Å². The zero-order valence-electron chi connectivity index (χ0n) is 23.1. The third-order valence-electron chi connectivity index (χ3n) is 8.03. The van der Waals surface area contributed by atoms with E-state index in [0.717, 1.165) is 28.1 Å². The lowest BCUT2D eigenvalue weighted by Gasteiger charge is -2.41. The maximum absolute atomic E-state index is 13.8. The number of benzene rings is 3. The van der Waals surface area contributed by atoms with Crippen LogP contribution in [0.25, 0.3) is 0 Å². The highest BCUT2D eigenvalue weighted by molar-refractivity contribution is 7.92. The predicted molar refractivity (Wildman–Crippen MR) is 156 cm³/mol. The average Bonchev–Trinajstić information content (AvgIpc) is 3.30. The van der Waals surface area contributed by atoms with Crippen molar-refractivity contribution in [3.8, 4) is 5.75 Å². The number of hydrogen-bond acceptors (Lipinski definition) is 6. The second kappa shape index (κ2) is 12.0. The number of rotatable bonds is 10. The Balaban J connectivity index is 1.26. The van der Waals surface area contributed by atoms with Crippen molar-refractivity contribution in [2.75, 3.05) is 43.9 Å². The molecule has 40 heavy (non-hydrogen) atoms. The van der Waals surface area contributed by atoms with E-state index in [1.165, 1.54) is 10.6 Å². The Hall–Kier alpha value is -3.40. The fourth-order valence-electron chi connectivity index (χ4n) is 5.75. The van der Waals surface area contributed by atoms with Gasteiger partial charge in [-0.1, -0.05) is 60.7 Å². The third-order valence-corrected chi connectivity index (χ3v) is 9.16. The van der Waals surface area contributed by atoms with Crippen LogP contribution < -0.4 is 14.4 Å². The number of ether oxygens (including phenoxy) is 2. The monoisotopic (exact) mass is 563 g/mol. The van der Waals surface area contributed by atoms with Gasteiger partial charge in [0.15, 0.2) is 0 Å². The van der Waals surface area contributed by atoms with Gasteiger partial charge in [-0.15, -0.1) is 0 Å². The Labute approximate surface area is 236 Å². The molecule has 2 aliphatic rings. The van der Waals surface area contributed by atoms with Crippen LogP contribution >= 0.6 is 0 Å². The van der Waals surface area contributed by atoms with Gasteiger partial charge in [0.25, 0.3) is 0 Å². The van der Waals surface area contributed by atoms with Crippen LogP contribution in [0.3, 0.4) is 0 Å². The van der Waals surface area contributed by atoms with Crippen molar-refractivity contribution in [2.24, 2.45) is 0 Å². The van der Waals surface area contributed by atoms with Crippen molar-refractivity contribution in [1.29, 1.82) is 0 Å². The first-order valence-electron chi connectivity index (χ1n) is 13.6. The summed E-state index contributed by atoms with van der Waals surface area (Å²) in [6.07, 6.45) is 2.67. The number of carbonyl (C=O) groups is 1. The van der Waals surface area contributed by atoms with Crippen LogP contribution in [-0.2, 0) is 38.1 Å². The summed E-state index contributed by atoms with van der Waals surface area (Å²) in [5.41, 5.74) is 3.64. The second-order valence-corrected chi connectivity index (χ2v) is 12.6. The van der Waals surface area contributed by atoms with E-state index in [1.807, 2.05) is 83.8 Å². The Morgan fingerprint density at radius 1 is 0.950 bits per heavy atom. The fourth-order valence-corrected chi connectivity index (χ4v) is 6.75. The van der Waals surface area contributed by atoms with Crippen LogP contribution in [0.2, 0.25) is 0 Å². The highest BCUT2D eigenvalue weighted by Gasteiger charge is 2.47. The molecule has 2 heterocycles. The van der Waals surface area contributed by atoms with Gasteiger partial charge in [0.1, 0.15) is 11.8 Å². The Morgan fingerprint density at radius 2 is 1.62 bits per heavy atom. The minimum absolute atomic E-state index is 0.00248. The number of amides is 1. The van der Waals surface area contributed by atoms with Crippen LogP contribution in [0.15, 0.2) is 78.9 Å². The maximum atomic E-state index is 13.8. The standard InChI is InChI=1S/C31H37N3O5S/c1-38-26-14-12-24(13-15-26)20-32-28(22-39-21-25-8-4-3-5-9-25)30(35)33-18-16-31(17-19-33)23-34(40(2,36)37)29-11-7-6-10-27(29)31/h3-15,28,32H,16-23H2,1-2H3. The van der Waals surface area contributed by atoms with Crippen molar-refractivity contribution >= 4 is 21.6 Å². The van der Waals surface area contributed by atoms with Gasteiger partial charge in [0.05, 0.1) is 32.3 Å². The van der Waals surface area contributed by atoms with E-state index in [1.54, 1.807) is 7.11 Å². The quantitative estimate of drug-likeness (QED) is 0.405. The molecular weight excluding hydrogens is 526 g/mol. The number of nitrogens with zero attached hydrogens (tertiary/aromatic N) is 2. The lowest BCUT2D eigenvalue weighted by molar-refractivity contribution is -0.136. The Morgan fingerprint density at radius 3 is 2.30 bits per heavy atom. The maximum Gasteiger partial charge on any atom is 0.242 e. The topological polar surface area (TPSA) is 88.2 Å².